The van der Waals surface area contributed by atoms with Crippen molar-refractivity contribution < 1.29 is 4.74 Å². The summed E-state index contributed by atoms with van der Waals surface area (Å²) in [4.78, 5) is 4.65. The van der Waals surface area contributed by atoms with Gasteiger partial charge in [-0.1, -0.05) is 18.2 Å². The van der Waals surface area contributed by atoms with Gasteiger partial charge in [-0.2, -0.15) is 0 Å². The third-order valence-electron chi connectivity index (χ3n) is 3.36. The molecule has 1 N–H and O–H groups in total. The topological polar surface area (TPSA) is 25.0 Å². The molecule has 2 nitrogen and oxygen atoms in total. The van der Waals surface area contributed by atoms with Gasteiger partial charge in [0.25, 0.3) is 0 Å². The van der Waals surface area contributed by atoms with Crippen molar-refractivity contribution in [3.63, 3.8) is 0 Å². The van der Waals surface area contributed by atoms with Gasteiger partial charge in [0.05, 0.1) is 5.69 Å². The molecule has 20 heavy (non-hydrogen) atoms. The molecule has 3 rings (SSSR count). The fourth-order valence-corrected chi connectivity index (χ4v) is 2.64. The lowest BCUT2D eigenvalue weighted by Gasteiger charge is -2.13. The minimum Gasteiger partial charge on any atom is -0.485 e. The quantitative estimate of drug-likeness (QED) is 0.679. The third-order valence-corrected chi connectivity index (χ3v) is 4.10. The lowest BCUT2D eigenvalue weighted by molar-refractivity contribution is 0.223. The Morgan fingerprint density at radius 2 is 1.80 bits per heavy atom. The molecule has 1 aromatic heterocycles. The zero-order chi connectivity index (χ0) is 13.9. The van der Waals surface area contributed by atoms with E-state index in [2.05, 4.69) is 48.5 Å². The van der Waals surface area contributed by atoms with Crippen LogP contribution in [0.5, 0.6) is 5.75 Å². The third kappa shape index (κ3) is 2.68. The van der Waals surface area contributed by atoms with Crippen LogP contribution >= 0.6 is 11.8 Å². The zero-order valence-corrected chi connectivity index (χ0v) is 12.4. The van der Waals surface area contributed by atoms with Crippen molar-refractivity contribution in [2.75, 3.05) is 6.26 Å². The van der Waals surface area contributed by atoms with Crippen LogP contribution in [0.2, 0.25) is 0 Å². The second-order valence-corrected chi connectivity index (χ2v) is 5.63. The fraction of sp³-hybridized carbons (Fsp3) is 0.176. The number of H-pyrrole nitrogens is 1. The van der Waals surface area contributed by atoms with Gasteiger partial charge in [0.15, 0.2) is 0 Å². The van der Waals surface area contributed by atoms with Gasteiger partial charge < -0.3 is 9.72 Å². The molecule has 0 aliphatic rings. The Morgan fingerprint density at radius 3 is 2.50 bits per heavy atom. The molecule has 0 fully saturated rings. The van der Waals surface area contributed by atoms with E-state index in [-0.39, 0.29) is 6.10 Å². The van der Waals surface area contributed by atoms with Crippen molar-refractivity contribution in [2.45, 2.75) is 17.9 Å². The number of aromatic nitrogens is 1. The molecular weight excluding hydrogens is 266 g/mol. The van der Waals surface area contributed by atoms with Crippen LogP contribution in [0.4, 0.5) is 0 Å². The van der Waals surface area contributed by atoms with Crippen molar-refractivity contribution in [1.82, 2.24) is 4.98 Å². The maximum Gasteiger partial charge on any atom is 0.136 e. The average Bonchev–Trinajstić information content (AvgIpc) is 2.92. The van der Waals surface area contributed by atoms with Crippen LogP contribution in [-0.2, 0) is 0 Å². The molecule has 1 heterocycles. The van der Waals surface area contributed by atoms with E-state index in [1.165, 1.54) is 10.3 Å². The number of fused-ring (bicyclic) bond motifs is 1. The predicted molar refractivity (Wildman–Crippen MR) is 85.6 cm³/mol. The number of hydrogen-bond donors (Lipinski definition) is 1. The van der Waals surface area contributed by atoms with Crippen LogP contribution in [-0.4, -0.2) is 11.2 Å². The summed E-state index contributed by atoms with van der Waals surface area (Å²) in [6.45, 7) is 2.06. The molecule has 0 bridgehead atoms. The van der Waals surface area contributed by atoms with Gasteiger partial charge in [0.1, 0.15) is 11.9 Å². The van der Waals surface area contributed by atoms with Crippen molar-refractivity contribution in [1.29, 1.82) is 0 Å². The number of nitrogens with one attached hydrogen (secondary N) is 1. The minimum atomic E-state index is 0.00234. The molecule has 0 aliphatic heterocycles. The van der Waals surface area contributed by atoms with Crippen LogP contribution in [0.3, 0.4) is 0 Å². The number of hydrogen-bond acceptors (Lipinski definition) is 2. The molecular formula is C17H17NOS. The van der Waals surface area contributed by atoms with Crippen LogP contribution in [0.1, 0.15) is 18.7 Å². The summed E-state index contributed by atoms with van der Waals surface area (Å²) >= 11 is 1.73. The van der Waals surface area contributed by atoms with E-state index in [4.69, 9.17) is 4.74 Å². The molecule has 3 heteroatoms. The molecule has 0 aliphatic carbocycles. The molecule has 0 amide bonds. The molecule has 0 spiro atoms. The van der Waals surface area contributed by atoms with Gasteiger partial charge in [-0.15, -0.1) is 11.8 Å². The molecule has 1 atom stereocenters. The predicted octanol–water partition coefficient (Wildman–Crippen LogP) is 5.03. The first-order valence-corrected chi connectivity index (χ1v) is 7.87. The smallest absolute Gasteiger partial charge is 0.136 e. The number of rotatable bonds is 4. The molecule has 1 unspecified atom stereocenters. The van der Waals surface area contributed by atoms with Crippen LogP contribution < -0.4 is 4.74 Å². The van der Waals surface area contributed by atoms with Gasteiger partial charge in [-0.3, -0.25) is 0 Å². The van der Waals surface area contributed by atoms with E-state index in [0.29, 0.717) is 0 Å². The van der Waals surface area contributed by atoms with Crippen LogP contribution in [0.15, 0.2) is 59.5 Å². The van der Waals surface area contributed by atoms with Crippen LogP contribution in [0, 0.1) is 0 Å². The molecule has 0 saturated heterocycles. The number of benzene rings is 2. The van der Waals surface area contributed by atoms with Crippen LogP contribution in [0.25, 0.3) is 10.9 Å². The highest BCUT2D eigenvalue weighted by Gasteiger charge is 2.10. The SMILES string of the molecule is CSc1ccc(OC(C)c2cc3ccccc3[nH]2)cc1. The summed E-state index contributed by atoms with van der Waals surface area (Å²) in [7, 11) is 0. The Bertz CT molecular complexity index is 669. The summed E-state index contributed by atoms with van der Waals surface area (Å²) in [5.74, 6) is 0.897. The molecule has 0 saturated carbocycles. The number of thioether (sulfide) groups is 1. The average molecular weight is 283 g/mol. The second kappa shape index (κ2) is 5.63. The van der Waals surface area contributed by atoms with Gasteiger partial charge in [0.2, 0.25) is 0 Å². The van der Waals surface area contributed by atoms with Crippen molar-refractivity contribution in [3.8, 4) is 5.75 Å². The van der Waals surface area contributed by atoms with Crippen molar-refractivity contribution >= 4 is 22.7 Å². The summed E-state index contributed by atoms with van der Waals surface area (Å²) in [6, 6.07) is 18.6. The van der Waals surface area contributed by atoms with E-state index in [1.54, 1.807) is 11.8 Å². The Kier molecular flexibility index (Phi) is 3.70. The van der Waals surface area contributed by atoms with Crippen molar-refractivity contribution in [2.24, 2.45) is 0 Å². The van der Waals surface area contributed by atoms with Gasteiger partial charge >= 0.3 is 0 Å². The zero-order valence-electron chi connectivity index (χ0n) is 11.6. The van der Waals surface area contributed by atoms with E-state index >= 15 is 0 Å². The summed E-state index contributed by atoms with van der Waals surface area (Å²) in [6.07, 6.45) is 2.07. The van der Waals surface area contributed by atoms with Gasteiger partial charge in [-0.25, -0.2) is 0 Å². The normalized spacial score (nSPS) is 12.5. The van der Waals surface area contributed by atoms with E-state index in [1.807, 2.05) is 24.3 Å². The first-order chi connectivity index (χ1) is 9.76. The number of aromatic amines is 1. The fourth-order valence-electron chi connectivity index (χ4n) is 2.24. The molecule has 3 aromatic rings. The first-order valence-electron chi connectivity index (χ1n) is 6.64. The first kappa shape index (κ1) is 13.1. The summed E-state index contributed by atoms with van der Waals surface area (Å²) in [5.41, 5.74) is 2.25. The largest absolute Gasteiger partial charge is 0.485 e. The van der Waals surface area contributed by atoms with Gasteiger partial charge in [-0.05, 0) is 55.0 Å². The minimum absolute atomic E-state index is 0.00234. The summed E-state index contributed by atoms with van der Waals surface area (Å²) in [5, 5.41) is 1.22. The highest BCUT2D eigenvalue weighted by atomic mass is 32.2. The maximum atomic E-state index is 5.99. The van der Waals surface area contributed by atoms with E-state index in [0.717, 1.165) is 17.0 Å². The lowest BCUT2D eigenvalue weighted by atomic mass is 10.2. The van der Waals surface area contributed by atoms with Gasteiger partial charge in [0, 0.05) is 10.4 Å². The molecule has 0 radical (unpaired) electrons. The lowest BCUT2D eigenvalue weighted by Crippen LogP contribution is -2.03. The summed E-state index contributed by atoms with van der Waals surface area (Å²) < 4.78 is 5.99. The Balaban J connectivity index is 1.79. The Morgan fingerprint density at radius 1 is 1.05 bits per heavy atom. The van der Waals surface area contributed by atoms with E-state index in [9.17, 15) is 0 Å². The molecule has 102 valence electrons. The van der Waals surface area contributed by atoms with E-state index < -0.39 is 0 Å². The monoisotopic (exact) mass is 283 g/mol. The highest BCUT2D eigenvalue weighted by Crippen LogP contribution is 2.26. The molecule has 2 aromatic carbocycles. The Labute approximate surface area is 123 Å². The highest BCUT2D eigenvalue weighted by molar-refractivity contribution is 7.98. The van der Waals surface area contributed by atoms with Crippen molar-refractivity contribution in [3.05, 3.63) is 60.3 Å². The maximum absolute atomic E-state index is 5.99. The number of ether oxygens (including phenoxy) is 1. The Hall–Kier alpha value is -1.87. The second-order valence-electron chi connectivity index (χ2n) is 4.75. The standard InChI is InChI=1S/C17H17NOS/c1-12(19-14-7-9-15(20-2)10-8-14)17-11-13-5-3-4-6-16(13)18-17/h3-12,18H,1-2H3. The number of para-hydroxylation sites is 1.